The van der Waals surface area contributed by atoms with Gasteiger partial charge in [-0.3, -0.25) is 4.79 Å². The number of fused-ring (bicyclic) bond motifs is 3. The highest BCUT2D eigenvalue weighted by molar-refractivity contribution is 9.10. The number of halogens is 1. The third-order valence-electron chi connectivity index (χ3n) is 3.45. The Morgan fingerprint density at radius 3 is 2.85 bits per heavy atom. The second-order valence-electron chi connectivity index (χ2n) is 4.67. The number of rotatable bonds is 0. The van der Waals surface area contributed by atoms with Gasteiger partial charge in [0, 0.05) is 10.0 Å². The van der Waals surface area contributed by atoms with Crippen molar-refractivity contribution in [2.75, 3.05) is 10.7 Å². The highest BCUT2D eigenvalue weighted by atomic mass is 79.9. The number of hydrogen-bond acceptors (Lipinski definition) is 4. The van der Waals surface area contributed by atoms with Crippen molar-refractivity contribution in [2.45, 2.75) is 5.72 Å². The second-order valence-corrected chi connectivity index (χ2v) is 5.59. The number of anilines is 2. The van der Waals surface area contributed by atoms with E-state index in [0.717, 1.165) is 21.4 Å². The summed E-state index contributed by atoms with van der Waals surface area (Å²) in [4.78, 5) is 12.4. The van der Waals surface area contributed by atoms with Crippen LogP contribution in [0.5, 0.6) is 5.75 Å². The Labute approximate surface area is 123 Å². The second kappa shape index (κ2) is 3.97. The van der Waals surface area contributed by atoms with E-state index >= 15 is 0 Å². The average molecular weight is 332 g/mol. The maximum atomic E-state index is 12.4. The van der Waals surface area contributed by atoms with E-state index in [-0.39, 0.29) is 5.91 Å². The molecule has 3 N–H and O–H groups in total. The summed E-state index contributed by atoms with van der Waals surface area (Å²) in [6, 6.07) is 13.1. The van der Waals surface area contributed by atoms with Crippen LogP contribution < -0.4 is 20.9 Å². The van der Waals surface area contributed by atoms with Crippen molar-refractivity contribution in [3.63, 3.8) is 0 Å². The molecule has 2 aliphatic rings. The van der Waals surface area contributed by atoms with Gasteiger partial charge in [-0.2, -0.15) is 5.43 Å². The molecule has 0 aromatic heterocycles. The molecule has 6 heteroatoms. The fourth-order valence-electron chi connectivity index (χ4n) is 2.48. The number of carbonyl (C=O) groups excluding carboxylic acids is 1. The van der Waals surface area contributed by atoms with Crippen molar-refractivity contribution in [3.8, 4) is 5.75 Å². The lowest BCUT2D eigenvalue weighted by Crippen LogP contribution is -2.57. The highest BCUT2D eigenvalue weighted by Gasteiger charge is 2.51. The third-order valence-corrected chi connectivity index (χ3v) is 3.95. The van der Waals surface area contributed by atoms with Crippen molar-refractivity contribution in [2.24, 2.45) is 0 Å². The molecular formula is C14H10BrN3O2. The molecule has 100 valence electrons. The molecule has 2 heterocycles. The Kier molecular flexibility index (Phi) is 2.33. The third kappa shape index (κ3) is 1.49. The molecule has 2 aliphatic heterocycles. The molecule has 0 unspecified atom stereocenters. The average Bonchev–Trinajstić information content (AvgIpc) is 2.72. The maximum absolute atomic E-state index is 12.4. The molecule has 0 saturated heterocycles. The largest absolute Gasteiger partial charge is 0.455 e. The van der Waals surface area contributed by atoms with E-state index in [1.165, 1.54) is 0 Å². The first-order valence-electron chi connectivity index (χ1n) is 6.12. The zero-order valence-electron chi connectivity index (χ0n) is 10.2. The molecule has 0 bridgehead atoms. The van der Waals surface area contributed by atoms with Crippen molar-refractivity contribution < 1.29 is 9.53 Å². The summed E-state index contributed by atoms with van der Waals surface area (Å²) in [5.41, 5.74) is 7.06. The van der Waals surface area contributed by atoms with Crippen molar-refractivity contribution >= 4 is 33.2 Å². The van der Waals surface area contributed by atoms with Crippen LogP contribution >= 0.6 is 15.9 Å². The van der Waals surface area contributed by atoms with Gasteiger partial charge in [-0.1, -0.05) is 28.1 Å². The molecule has 2 aromatic rings. The first-order valence-corrected chi connectivity index (χ1v) is 6.91. The molecule has 5 nitrogen and oxygen atoms in total. The minimum absolute atomic E-state index is 0.243. The van der Waals surface area contributed by atoms with Crippen LogP contribution in [0.3, 0.4) is 0 Å². The van der Waals surface area contributed by atoms with Gasteiger partial charge < -0.3 is 15.5 Å². The molecule has 0 fully saturated rings. The van der Waals surface area contributed by atoms with Crippen LogP contribution in [-0.4, -0.2) is 5.91 Å². The van der Waals surface area contributed by atoms with E-state index in [2.05, 4.69) is 32.1 Å². The number of benzene rings is 2. The summed E-state index contributed by atoms with van der Waals surface area (Å²) >= 11 is 3.42. The SMILES string of the molecule is O=C1Nc2ccc(Br)cc2[C@]12NNc1ccccc1O2. The number of hydrazine groups is 1. The summed E-state index contributed by atoms with van der Waals surface area (Å²) in [5, 5.41) is 2.83. The van der Waals surface area contributed by atoms with E-state index in [4.69, 9.17) is 4.74 Å². The Hall–Kier alpha value is -2.05. The van der Waals surface area contributed by atoms with Gasteiger partial charge in [-0.15, -0.1) is 0 Å². The molecule has 0 aliphatic carbocycles. The summed E-state index contributed by atoms with van der Waals surface area (Å²) < 4.78 is 6.85. The van der Waals surface area contributed by atoms with Crippen molar-refractivity contribution in [3.05, 3.63) is 52.5 Å². The van der Waals surface area contributed by atoms with Gasteiger partial charge in [-0.05, 0) is 30.3 Å². The maximum Gasteiger partial charge on any atom is 0.291 e. The van der Waals surface area contributed by atoms with Crippen LogP contribution in [0.2, 0.25) is 0 Å². The number of carbonyl (C=O) groups is 1. The van der Waals surface area contributed by atoms with Gasteiger partial charge in [0.2, 0.25) is 0 Å². The highest BCUT2D eigenvalue weighted by Crippen LogP contribution is 2.42. The fraction of sp³-hybridized carbons (Fsp3) is 0.0714. The number of amides is 1. The van der Waals surface area contributed by atoms with E-state index < -0.39 is 5.72 Å². The quantitative estimate of drug-likeness (QED) is 0.694. The normalized spacial score (nSPS) is 22.6. The van der Waals surface area contributed by atoms with E-state index in [0.29, 0.717) is 5.75 Å². The number of ether oxygens (including phenoxy) is 1. The van der Waals surface area contributed by atoms with Gasteiger partial charge in [0.05, 0.1) is 11.4 Å². The van der Waals surface area contributed by atoms with Crippen LogP contribution in [0.25, 0.3) is 0 Å². The van der Waals surface area contributed by atoms with Crippen molar-refractivity contribution in [1.29, 1.82) is 0 Å². The molecule has 1 spiro atoms. The Balaban J connectivity index is 1.87. The van der Waals surface area contributed by atoms with Crippen LogP contribution in [0.1, 0.15) is 5.56 Å². The van der Waals surface area contributed by atoms with Crippen LogP contribution in [0.15, 0.2) is 46.9 Å². The predicted molar refractivity (Wildman–Crippen MR) is 78.3 cm³/mol. The topological polar surface area (TPSA) is 62.4 Å². The summed E-state index contributed by atoms with van der Waals surface area (Å²) in [5.74, 6) is 0.391. The molecule has 1 atom stereocenters. The first kappa shape index (κ1) is 11.7. The number of nitrogens with one attached hydrogen (secondary N) is 3. The Bertz CT molecular complexity index is 734. The zero-order chi connectivity index (χ0) is 13.7. The van der Waals surface area contributed by atoms with Crippen molar-refractivity contribution in [1.82, 2.24) is 5.43 Å². The molecule has 4 rings (SSSR count). The number of para-hydroxylation sites is 2. The molecular weight excluding hydrogens is 322 g/mol. The van der Waals surface area contributed by atoms with Gasteiger partial charge in [0.1, 0.15) is 5.75 Å². The molecule has 2 aromatic carbocycles. The van der Waals surface area contributed by atoms with Gasteiger partial charge in [0.15, 0.2) is 0 Å². The lowest BCUT2D eigenvalue weighted by Gasteiger charge is -2.35. The van der Waals surface area contributed by atoms with Crippen LogP contribution in [0.4, 0.5) is 11.4 Å². The predicted octanol–water partition coefficient (Wildman–Crippen LogP) is 2.56. The first-order chi connectivity index (χ1) is 9.69. The smallest absolute Gasteiger partial charge is 0.291 e. The molecule has 20 heavy (non-hydrogen) atoms. The fourth-order valence-corrected chi connectivity index (χ4v) is 2.84. The van der Waals surface area contributed by atoms with E-state index in [1.807, 2.05) is 42.5 Å². The molecule has 1 amide bonds. The summed E-state index contributed by atoms with van der Waals surface area (Å²) in [7, 11) is 0. The lowest BCUT2D eigenvalue weighted by molar-refractivity contribution is -0.134. The lowest BCUT2D eigenvalue weighted by atomic mass is 10.0. The minimum atomic E-state index is -1.24. The monoisotopic (exact) mass is 331 g/mol. The standard InChI is InChI=1S/C14H10BrN3O2/c15-8-5-6-10-9(7-8)14(13(19)16-10)18-17-11-3-1-2-4-12(11)20-14/h1-7,17-18H,(H,16,19)/t14-/m1/s1. The summed E-state index contributed by atoms with van der Waals surface area (Å²) in [6.45, 7) is 0. The number of hydrogen-bond donors (Lipinski definition) is 3. The van der Waals surface area contributed by atoms with E-state index in [1.54, 1.807) is 0 Å². The van der Waals surface area contributed by atoms with E-state index in [9.17, 15) is 4.79 Å². The zero-order valence-corrected chi connectivity index (χ0v) is 11.8. The Morgan fingerprint density at radius 1 is 1.10 bits per heavy atom. The van der Waals surface area contributed by atoms with Crippen LogP contribution in [-0.2, 0) is 10.5 Å². The molecule has 0 radical (unpaired) electrons. The van der Waals surface area contributed by atoms with Gasteiger partial charge in [0.25, 0.3) is 11.6 Å². The minimum Gasteiger partial charge on any atom is -0.455 e. The molecule has 0 saturated carbocycles. The van der Waals surface area contributed by atoms with Gasteiger partial charge >= 0.3 is 0 Å². The summed E-state index contributed by atoms with van der Waals surface area (Å²) in [6.07, 6.45) is 0. The van der Waals surface area contributed by atoms with Crippen LogP contribution in [0, 0.1) is 0 Å². The van der Waals surface area contributed by atoms with Gasteiger partial charge in [-0.25, -0.2) is 0 Å². The Morgan fingerprint density at radius 2 is 1.95 bits per heavy atom.